The molecule has 9 heteroatoms. The van der Waals surface area contributed by atoms with Gasteiger partial charge >= 0.3 is 5.69 Å². The van der Waals surface area contributed by atoms with Gasteiger partial charge in [-0.1, -0.05) is 6.92 Å². The van der Waals surface area contributed by atoms with E-state index in [1.165, 1.54) is 6.33 Å². The van der Waals surface area contributed by atoms with Crippen LogP contribution in [0.5, 0.6) is 0 Å². The molecule has 0 aliphatic carbocycles. The number of halogens is 1. The average Bonchev–Trinajstić information content (AvgIpc) is 2.57. The van der Waals surface area contributed by atoms with E-state index in [-0.39, 0.29) is 11.5 Å². The number of rotatable bonds is 4. The van der Waals surface area contributed by atoms with Gasteiger partial charge in [0.2, 0.25) is 11.6 Å². The summed E-state index contributed by atoms with van der Waals surface area (Å²) >= 11 is 3.31. The molecule has 1 fully saturated rings. The Morgan fingerprint density at radius 2 is 2.04 bits per heavy atom. The first-order valence-electron chi connectivity index (χ1n) is 7.67. The standard InChI is InChI=1S/C15H17BrN6O2/c1-10-4-6-21(7-5-10)15-13(22(23)24)14(18-9-19-15)20-12-3-2-11(16)8-17-12/h2-3,8-10H,4-7H2,1H3,(H,17,18,19,20). The summed E-state index contributed by atoms with van der Waals surface area (Å²) in [6.45, 7) is 3.71. The van der Waals surface area contributed by atoms with Gasteiger partial charge < -0.3 is 10.2 Å². The molecule has 3 rings (SSSR count). The molecule has 8 nitrogen and oxygen atoms in total. The van der Waals surface area contributed by atoms with Crippen molar-refractivity contribution in [3.63, 3.8) is 0 Å². The Morgan fingerprint density at radius 1 is 1.29 bits per heavy atom. The van der Waals surface area contributed by atoms with Gasteiger partial charge in [-0.3, -0.25) is 10.1 Å². The minimum absolute atomic E-state index is 0.114. The van der Waals surface area contributed by atoms with Gasteiger partial charge in [-0.2, -0.15) is 0 Å². The molecular formula is C15H17BrN6O2. The minimum atomic E-state index is -0.436. The lowest BCUT2D eigenvalue weighted by Gasteiger charge is -2.30. The molecule has 2 aromatic heterocycles. The number of hydrogen-bond donors (Lipinski definition) is 1. The molecule has 1 aliphatic heterocycles. The van der Waals surface area contributed by atoms with E-state index < -0.39 is 4.92 Å². The fourth-order valence-corrected chi connectivity index (χ4v) is 2.89. The van der Waals surface area contributed by atoms with Crippen LogP contribution in [-0.4, -0.2) is 33.0 Å². The highest BCUT2D eigenvalue weighted by Crippen LogP contribution is 2.35. The molecular weight excluding hydrogens is 376 g/mol. The van der Waals surface area contributed by atoms with E-state index in [4.69, 9.17) is 0 Å². The highest BCUT2D eigenvalue weighted by molar-refractivity contribution is 9.10. The van der Waals surface area contributed by atoms with E-state index in [1.807, 2.05) is 4.90 Å². The molecule has 1 aliphatic rings. The van der Waals surface area contributed by atoms with Gasteiger partial charge in [0, 0.05) is 23.8 Å². The van der Waals surface area contributed by atoms with Crippen molar-refractivity contribution in [2.24, 2.45) is 5.92 Å². The summed E-state index contributed by atoms with van der Waals surface area (Å²) in [5, 5.41) is 14.5. The Balaban J connectivity index is 1.93. The van der Waals surface area contributed by atoms with Gasteiger partial charge in [0.1, 0.15) is 12.1 Å². The maximum atomic E-state index is 11.6. The van der Waals surface area contributed by atoms with Crippen LogP contribution in [0.25, 0.3) is 0 Å². The van der Waals surface area contributed by atoms with Crippen LogP contribution in [0, 0.1) is 16.0 Å². The van der Waals surface area contributed by atoms with Gasteiger partial charge in [0.05, 0.1) is 4.92 Å². The van der Waals surface area contributed by atoms with Crippen LogP contribution in [0.15, 0.2) is 29.1 Å². The van der Waals surface area contributed by atoms with Crippen LogP contribution in [0.2, 0.25) is 0 Å². The molecule has 0 atom stereocenters. The fraction of sp³-hybridized carbons (Fsp3) is 0.400. The number of anilines is 3. The lowest BCUT2D eigenvalue weighted by Crippen LogP contribution is -2.34. The van der Waals surface area contributed by atoms with Crippen molar-refractivity contribution in [2.45, 2.75) is 19.8 Å². The number of aromatic nitrogens is 3. The Bertz CT molecular complexity index is 731. The normalized spacial score (nSPS) is 15.3. The number of nitrogens with one attached hydrogen (secondary N) is 1. The number of nitrogens with zero attached hydrogens (tertiary/aromatic N) is 5. The highest BCUT2D eigenvalue weighted by atomic mass is 79.9. The third-order valence-corrected chi connectivity index (χ3v) is 4.51. The van der Waals surface area contributed by atoms with Crippen molar-refractivity contribution >= 4 is 39.1 Å². The Hall–Kier alpha value is -2.29. The molecule has 0 aromatic carbocycles. The molecule has 0 amide bonds. The Kier molecular flexibility index (Phi) is 4.89. The second-order valence-corrected chi connectivity index (χ2v) is 6.72. The zero-order chi connectivity index (χ0) is 17.1. The van der Waals surface area contributed by atoms with E-state index in [1.54, 1.807) is 18.3 Å². The molecule has 24 heavy (non-hydrogen) atoms. The first-order chi connectivity index (χ1) is 11.5. The third kappa shape index (κ3) is 3.61. The summed E-state index contributed by atoms with van der Waals surface area (Å²) in [6, 6.07) is 3.52. The smallest absolute Gasteiger partial charge is 0.351 e. The van der Waals surface area contributed by atoms with Crippen LogP contribution in [0.1, 0.15) is 19.8 Å². The maximum Gasteiger partial charge on any atom is 0.353 e. The lowest BCUT2D eigenvalue weighted by atomic mass is 9.99. The Labute approximate surface area is 147 Å². The van der Waals surface area contributed by atoms with Gasteiger partial charge in [-0.15, -0.1) is 0 Å². The van der Waals surface area contributed by atoms with Crippen LogP contribution in [0.3, 0.4) is 0 Å². The molecule has 0 bridgehead atoms. The van der Waals surface area contributed by atoms with Crippen molar-refractivity contribution in [2.75, 3.05) is 23.3 Å². The largest absolute Gasteiger partial charge is 0.353 e. The number of nitro groups is 1. The minimum Gasteiger partial charge on any atom is -0.351 e. The molecule has 3 heterocycles. The number of piperidine rings is 1. The summed E-state index contributed by atoms with van der Waals surface area (Å²) in [7, 11) is 0. The monoisotopic (exact) mass is 392 g/mol. The van der Waals surface area contributed by atoms with E-state index in [0.29, 0.717) is 17.6 Å². The van der Waals surface area contributed by atoms with Crippen LogP contribution >= 0.6 is 15.9 Å². The molecule has 1 saturated heterocycles. The number of hydrogen-bond acceptors (Lipinski definition) is 7. The van der Waals surface area contributed by atoms with E-state index in [0.717, 1.165) is 30.4 Å². The predicted octanol–water partition coefficient (Wildman–Crippen LogP) is 3.52. The SMILES string of the molecule is CC1CCN(c2ncnc(Nc3ccc(Br)cn3)c2[N+](=O)[O-])CC1. The quantitative estimate of drug-likeness (QED) is 0.627. The summed E-state index contributed by atoms with van der Waals surface area (Å²) in [4.78, 5) is 25.5. The topological polar surface area (TPSA) is 97.1 Å². The second-order valence-electron chi connectivity index (χ2n) is 5.81. The van der Waals surface area contributed by atoms with Crippen LogP contribution in [0.4, 0.5) is 23.1 Å². The first-order valence-corrected chi connectivity index (χ1v) is 8.47. The predicted molar refractivity (Wildman–Crippen MR) is 94.5 cm³/mol. The zero-order valence-electron chi connectivity index (χ0n) is 13.1. The highest BCUT2D eigenvalue weighted by Gasteiger charge is 2.29. The van der Waals surface area contributed by atoms with Crippen molar-refractivity contribution in [3.8, 4) is 0 Å². The molecule has 0 unspecified atom stereocenters. The summed E-state index contributed by atoms with van der Waals surface area (Å²) in [5.74, 6) is 1.63. The van der Waals surface area contributed by atoms with Gasteiger partial charge in [0.15, 0.2) is 0 Å². The molecule has 2 aromatic rings. The summed E-state index contributed by atoms with van der Waals surface area (Å²) in [5.41, 5.74) is -0.114. The molecule has 0 spiro atoms. The fourth-order valence-electron chi connectivity index (χ4n) is 2.65. The molecule has 0 saturated carbocycles. The molecule has 0 radical (unpaired) electrons. The van der Waals surface area contributed by atoms with Crippen molar-refractivity contribution < 1.29 is 4.92 Å². The first kappa shape index (κ1) is 16.6. The van der Waals surface area contributed by atoms with Crippen LogP contribution < -0.4 is 10.2 Å². The number of pyridine rings is 1. The molecule has 126 valence electrons. The van der Waals surface area contributed by atoms with Gasteiger partial charge in [0.25, 0.3) is 0 Å². The third-order valence-electron chi connectivity index (χ3n) is 4.04. The summed E-state index contributed by atoms with van der Waals surface area (Å²) in [6.07, 6.45) is 4.96. The zero-order valence-corrected chi connectivity index (χ0v) is 14.7. The lowest BCUT2D eigenvalue weighted by molar-refractivity contribution is -0.383. The summed E-state index contributed by atoms with van der Waals surface area (Å²) < 4.78 is 0.827. The van der Waals surface area contributed by atoms with Crippen LogP contribution in [-0.2, 0) is 0 Å². The van der Waals surface area contributed by atoms with E-state index >= 15 is 0 Å². The van der Waals surface area contributed by atoms with E-state index in [9.17, 15) is 10.1 Å². The van der Waals surface area contributed by atoms with E-state index in [2.05, 4.69) is 43.1 Å². The molecule has 1 N–H and O–H groups in total. The maximum absolute atomic E-state index is 11.6. The van der Waals surface area contributed by atoms with Gasteiger partial charge in [-0.05, 0) is 46.8 Å². The average molecular weight is 393 g/mol. The van der Waals surface area contributed by atoms with Crippen molar-refractivity contribution in [3.05, 3.63) is 39.2 Å². The van der Waals surface area contributed by atoms with Crippen molar-refractivity contribution in [1.29, 1.82) is 0 Å². The van der Waals surface area contributed by atoms with Gasteiger partial charge in [-0.25, -0.2) is 15.0 Å². The Morgan fingerprint density at radius 3 is 2.67 bits per heavy atom. The van der Waals surface area contributed by atoms with Crippen molar-refractivity contribution in [1.82, 2.24) is 15.0 Å². The second kappa shape index (κ2) is 7.08.